The number of nitrogens with one attached hydrogen (secondary N) is 1. The molecule has 0 aliphatic rings. The minimum atomic E-state index is 0.297. The van der Waals surface area contributed by atoms with Crippen LogP contribution >= 0.6 is 0 Å². The molecule has 1 aromatic heterocycles. The lowest BCUT2D eigenvalue weighted by Gasteiger charge is -2.03. The van der Waals surface area contributed by atoms with Crippen LogP contribution in [0.3, 0.4) is 0 Å². The monoisotopic (exact) mass is 202 g/mol. The molecular formula is C12H14N2O. The van der Waals surface area contributed by atoms with Crippen LogP contribution < -0.4 is 0 Å². The van der Waals surface area contributed by atoms with Gasteiger partial charge in [-0.1, -0.05) is 12.1 Å². The van der Waals surface area contributed by atoms with Gasteiger partial charge in [0.05, 0.1) is 11.3 Å². The van der Waals surface area contributed by atoms with E-state index in [-0.39, 0.29) is 0 Å². The zero-order valence-corrected chi connectivity index (χ0v) is 9.13. The molecule has 0 bridgehead atoms. The van der Waals surface area contributed by atoms with Crippen molar-refractivity contribution in [2.45, 2.75) is 20.8 Å². The third-order valence-corrected chi connectivity index (χ3v) is 2.62. The van der Waals surface area contributed by atoms with E-state index in [9.17, 15) is 5.11 Å². The summed E-state index contributed by atoms with van der Waals surface area (Å²) in [5.74, 6) is 1.03. The highest BCUT2D eigenvalue weighted by atomic mass is 16.3. The second-order valence-corrected chi connectivity index (χ2v) is 3.77. The van der Waals surface area contributed by atoms with Gasteiger partial charge in [-0.3, -0.25) is 0 Å². The van der Waals surface area contributed by atoms with E-state index in [0.29, 0.717) is 5.75 Å². The number of hydrogen-bond donors (Lipinski definition) is 2. The SMILES string of the molecule is Cc1cccc(-c2nc(C)c(C)[nH]2)c1O. The number of aryl methyl sites for hydroxylation is 3. The molecule has 1 heterocycles. The van der Waals surface area contributed by atoms with Crippen molar-refractivity contribution in [3.8, 4) is 17.1 Å². The van der Waals surface area contributed by atoms with Crippen molar-refractivity contribution >= 4 is 0 Å². The lowest BCUT2D eigenvalue weighted by atomic mass is 10.1. The molecule has 78 valence electrons. The minimum Gasteiger partial charge on any atom is -0.507 e. The van der Waals surface area contributed by atoms with E-state index in [1.54, 1.807) is 0 Å². The maximum Gasteiger partial charge on any atom is 0.141 e. The summed E-state index contributed by atoms with van der Waals surface area (Å²) >= 11 is 0. The summed E-state index contributed by atoms with van der Waals surface area (Å²) in [7, 11) is 0. The summed E-state index contributed by atoms with van der Waals surface area (Å²) in [5.41, 5.74) is 3.61. The summed E-state index contributed by atoms with van der Waals surface area (Å²) in [6, 6.07) is 5.65. The summed E-state index contributed by atoms with van der Waals surface area (Å²) in [5, 5.41) is 9.89. The van der Waals surface area contributed by atoms with Gasteiger partial charge in [0.15, 0.2) is 0 Å². The lowest BCUT2D eigenvalue weighted by Crippen LogP contribution is -1.84. The Hall–Kier alpha value is -1.77. The summed E-state index contributed by atoms with van der Waals surface area (Å²) in [4.78, 5) is 7.52. The van der Waals surface area contributed by atoms with Crippen molar-refractivity contribution in [3.05, 3.63) is 35.2 Å². The Morgan fingerprint density at radius 3 is 2.53 bits per heavy atom. The van der Waals surface area contributed by atoms with Gasteiger partial charge in [-0.25, -0.2) is 4.98 Å². The van der Waals surface area contributed by atoms with Crippen molar-refractivity contribution in [1.82, 2.24) is 9.97 Å². The van der Waals surface area contributed by atoms with Gasteiger partial charge in [0.1, 0.15) is 11.6 Å². The number of phenols is 1. The number of para-hydroxylation sites is 1. The maximum absolute atomic E-state index is 9.89. The Kier molecular flexibility index (Phi) is 2.23. The highest BCUT2D eigenvalue weighted by molar-refractivity contribution is 5.66. The van der Waals surface area contributed by atoms with E-state index < -0.39 is 0 Å². The first kappa shape index (κ1) is 9.77. The first-order chi connectivity index (χ1) is 7.09. The molecule has 3 heteroatoms. The first-order valence-corrected chi connectivity index (χ1v) is 4.91. The van der Waals surface area contributed by atoms with Gasteiger partial charge in [-0.2, -0.15) is 0 Å². The fraction of sp³-hybridized carbons (Fsp3) is 0.250. The Labute approximate surface area is 88.8 Å². The van der Waals surface area contributed by atoms with Crippen LogP contribution in [0.1, 0.15) is 17.0 Å². The molecule has 2 N–H and O–H groups in total. The number of aromatic amines is 1. The van der Waals surface area contributed by atoms with Crippen LogP contribution in [-0.2, 0) is 0 Å². The third kappa shape index (κ3) is 1.61. The molecule has 0 amide bonds. The molecule has 0 saturated heterocycles. The quantitative estimate of drug-likeness (QED) is 0.747. The molecule has 0 atom stereocenters. The normalized spacial score (nSPS) is 10.6. The highest BCUT2D eigenvalue weighted by Crippen LogP contribution is 2.30. The molecule has 0 radical (unpaired) electrons. The molecule has 0 spiro atoms. The first-order valence-electron chi connectivity index (χ1n) is 4.91. The van der Waals surface area contributed by atoms with Crippen molar-refractivity contribution in [2.75, 3.05) is 0 Å². The van der Waals surface area contributed by atoms with E-state index in [2.05, 4.69) is 9.97 Å². The van der Waals surface area contributed by atoms with E-state index in [1.807, 2.05) is 39.0 Å². The molecule has 0 aliphatic heterocycles. The standard InChI is InChI=1S/C12H14N2O/c1-7-5-4-6-10(11(7)15)12-13-8(2)9(3)14-12/h4-6,15H,1-3H3,(H,13,14). The van der Waals surface area contributed by atoms with Gasteiger partial charge in [0.25, 0.3) is 0 Å². The molecule has 2 aromatic rings. The van der Waals surface area contributed by atoms with Crippen LogP contribution in [0.4, 0.5) is 0 Å². The summed E-state index contributed by atoms with van der Waals surface area (Å²) in [6.07, 6.45) is 0. The van der Waals surface area contributed by atoms with Gasteiger partial charge in [-0.15, -0.1) is 0 Å². The van der Waals surface area contributed by atoms with E-state index >= 15 is 0 Å². The average Bonchev–Trinajstić information content (AvgIpc) is 2.51. The Morgan fingerprint density at radius 1 is 1.20 bits per heavy atom. The number of rotatable bonds is 1. The molecule has 0 aliphatic carbocycles. The van der Waals surface area contributed by atoms with Crippen molar-refractivity contribution < 1.29 is 5.11 Å². The largest absolute Gasteiger partial charge is 0.507 e. The zero-order valence-electron chi connectivity index (χ0n) is 9.13. The second kappa shape index (κ2) is 3.42. The van der Waals surface area contributed by atoms with E-state index in [0.717, 1.165) is 28.3 Å². The van der Waals surface area contributed by atoms with Crippen LogP contribution in [0.5, 0.6) is 5.75 Å². The molecule has 3 nitrogen and oxygen atoms in total. The number of hydrogen-bond acceptors (Lipinski definition) is 2. The van der Waals surface area contributed by atoms with Crippen LogP contribution in [0.25, 0.3) is 11.4 Å². The predicted octanol–water partition coefficient (Wildman–Crippen LogP) is 2.71. The number of H-pyrrole nitrogens is 1. The van der Waals surface area contributed by atoms with E-state index in [1.165, 1.54) is 0 Å². The summed E-state index contributed by atoms with van der Waals surface area (Å²) < 4.78 is 0. The second-order valence-electron chi connectivity index (χ2n) is 3.77. The molecule has 0 unspecified atom stereocenters. The van der Waals surface area contributed by atoms with Crippen LogP contribution in [0.15, 0.2) is 18.2 Å². The molecule has 2 rings (SSSR count). The van der Waals surface area contributed by atoms with Crippen LogP contribution in [0.2, 0.25) is 0 Å². The molecule has 0 saturated carbocycles. The van der Waals surface area contributed by atoms with E-state index in [4.69, 9.17) is 0 Å². The van der Waals surface area contributed by atoms with Crippen molar-refractivity contribution in [1.29, 1.82) is 0 Å². The molecule has 15 heavy (non-hydrogen) atoms. The number of aromatic nitrogens is 2. The third-order valence-electron chi connectivity index (χ3n) is 2.62. The van der Waals surface area contributed by atoms with Crippen molar-refractivity contribution in [3.63, 3.8) is 0 Å². The Bertz CT molecular complexity index is 481. The topological polar surface area (TPSA) is 48.9 Å². The van der Waals surface area contributed by atoms with Gasteiger partial charge in [0.2, 0.25) is 0 Å². The fourth-order valence-electron chi connectivity index (χ4n) is 1.53. The van der Waals surface area contributed by atoms with Gasteiger partial charge < -0.3 is 10.1 Å². The average molecular weight is 202 g/mol. The Morgan fingerprint density at radius 2 is 1.93 bits per heavy atom. The maximum atomic E-state index is 9.89. The Balaban J connectivity index is 2.59. The smallest absolute Gasteiger partial charge is 0.141 e. The molecular weight excluding hydrogens is 188 g/mol. The molecule has 0 fully saturated rings. The van der Waals surface area contributed by atoms with Gasteiger partial charge in [-0.05, 0) is 32.4 Å². The highest BCUT2D eigenvalue weighted by Gasteiger charge is 2.10. The number of imidazole rings is 1. The molecule has 1 aromatic carbocycles. The van der Waals surface area contributed by atoms with Crippen LogP contribution in [0, 0.1) is 20.8 Å². The summed E-state index contributed by atoms with van der Waals surface area (Å²) in [6.45, 7) is 5.79. The van der Waals surface area contributed by atoms with Gasteiger partial charge in [0, 0.05) is 5.69 Å². The lowest BCUT2D eigenvalue weighted by molar-refractivity contribution is 0.473. The number of phenolic OH excluding ortho intramolecular Hbond substituents is 1. The number of nitrogens with zero attached hydrogens (tertiary/aromatic N) is 1. The predicted molar refractivity (Wildman–Crippen MR) is 59.9 cm³/mol. The number of aromatic hydroxyl groups is 1. The number of benzene rings is 1. The van der Waals surface area contributed by atoms with Crippen molar-refractivity contribution in [2.24, 2.45) is 0 Å². The minimum absolute atomic E-state index is 0.297. The zero-order chi connectivity index (χ0) is 11.0. The fourth-order valence-corrected chi connectivity index (χ4v) is 1.53. The van der Waals surface area contributed by atoms with Crippen LogP contribution in [-0.4, -0.2) is 15.1 Å². The van der Waals surface area contributed by atoms with Gasteiger partial charge >= 0.3 is 0 Å².